The van der Waals surface area contributed by atoms with Crippen molar-refractivity contribution in [2.75, 3.05) is 37.0 Å². The van der Waals surface area contributed by atoms with Gasteiger partial charge in [-0.1, -0.05) is 13.8 Å². The van der Waals surface area contributed by atoms with Gasteiger partial charge in [0.15, 0.2) is 0 Å². The minimum absolute atomic E-state index is 0.0557. The molecule has 2 atom stereocenters. The third-order valence-corrected chi connectivity index (χ3v) is 4.51. The van der Waals surface area contributed by atoms with Crippen LogP contribution < -0.4 is 15.5 Å². The van der Waals surface area contributed by atoms with Gasteiger partial charge in [0.2, 0.25) is 5.95 Å². The molecular formula is C17H27N7. The Hall–Kier alpha value is -2.15. The average Bonchev–Trinajstić information content (AvgIpc) is 3.12. The number of aryl methyl sites for hydroxylation is 1. The van der Waals surface area contributed by atoms with Crippen molar-refractivity contribution in [3.05, 3.63) is 30.0 Å². The fraction of sp³-hybridized carbons (Fsp3) is 0.588. The molecule has 0 amide bonds. The molecule has 0 radical (unpaired) electrons. The highest BCUT2D eigenvalue weighted by Crippen LogP contribution is 2.30. The van der Waals surface area contributed by atoms with Crippen LogP contribution in [0, 0.1) is 0 Å². The molecule has 3 heterocycles. The van der Waals surface area contributed by atoms with Crippen molar-refractivity contribution in [1.29, 1.82) is 0 Å². The molecule has 1 fully saturated rings. The molecule has 1 aliphatic heterocycles. The summed E-state index contributed by atoms with van der Waals surface area (Å²) in [6, 6.07) is 2.14. The van der Waals surface area contributed by atoms with Crippen molar-refractivity contribution >= 4 is 11.8 Å². The number of hydrogen-bond acceptors (Lipinski definition) is 6. The Labute approximate surface area is 143 Å². The fourth-order valence-corrected chi connectivity index (χ4v) is 3.05. The first-order chi connectivity index (χ1) is 11.3. The van der Waals surface area contributed by atoms with Crippen molar-refractivity contribution in [1.82, 2.24) is 19.5 Å². The first-order valence-electron chi connectivity index (χ1n) is 8.40. The van der Waals surface area contributed by atoms with E-state index < -0.39 is 0 Å². The van der Waals surface area contributed by atoms with Crippen LogP contribution in [0.2, 0.25) is 0 Å². The molecule has 0 aliphatic carbocycles. The van der Waals surface area contributed by atoms with E-state index in [1.54, 1.807) is 0 Å². The maximum atomic E-state index is 6.40. The molecule has 2 aromatic heterocycles. The predicted molar refractivity (Wildman–Crippen MR) is 96.6 cm³/mol. The number of imidazole rings is 1. The largest absolute Gasteiger partial charge is 0.354 e. The van der Waals surface area contributed by atoms with E-state index in [1.807, 2.05) is 36.9 Å². The van der Waals surface area contributed by atoms with Crippen LogP contribution in [0.15, 0.2) is 18.6 Å². The Balaban J connectivity index is 1.89. The first kappa shape index (κ1) is 16.7. The van der Waals surface area contributed by atoms with Crippen molar-refractivity contribution < 1.29 is 0 Å². The summed E-state index contributed by atoms with van der Waals surface area (Å²) in [5.74, 6) is 2.28. The minimum Gasteiger partial charge on any atom is -0.354 e. The molecule has 2 N–H and O–H groups in total. The van der Waals surface area contributed by atoms with Crippen LogP contribution in [0.25, 0.3) is 0 Å². The summed E-state index contributed by atoms with van der Waals surface area (Å²) >= 11 is 0. The van der Waals surface area contributed by atoms with Gasteiger partial charge in [0.25, 0.3) is 0 Å². The summed E-state index contributed by atoms with van der Waals surface area (Å²) in [4.78, 5) is 18.1. The molecule has 130 valence electrons. The Kier molecular flexibility index (Phi) is 4.45. The highest BCUT2D eigenvalue weighted by atomic mass is 15.3. The van der Waals surface area contributed by atoms with Gasteiger partial charge in [-0.25, -0.2) is 9.97 Å². The van der Waals surface area contributed by atoms with E-state index >= 15 is 0 Å². The van der Waals surface area contributed by atoms with Gasteiger partial charge in [0.05, 0.1) is 17.7 Å². The number of nitrogens with zero attached hydrogens (tertiary/aromatic N) is 6. The lowest BCUT2D eigenvalue weighted by molar-refractivity contribution is 0.639. The van der Waals surface area contributed by atoms with Gasteiger partial charge in [-0.2, -0.15) is 4.98 Å². The summed E-state index contributed by atoms with van der Waals surface area (Å²) in [5, 5.41) is 0. The Morgan fingerprint density at radius 1 is 1.25 bits per heavy atom. The third kappa shape index (κ3) is 3.21. The Bertz CT molecular complexity index is 680. The SMILES string of the molecule is CC(C)c1cc(N2C[C@@H](N)[C@H](c3cn(C)cn3)C2)nc(N(C)C)n1. The lowest BCUT2D eigenvalue weighted by Gasteiger charge is -2.21. The number of nitrogens with two attached hydrogens (primary N) is 1. The molecule has 24 heavy (non-hydrogen) atoms. The first-order valence-corrected chi connectivity index (χ1v) is 8.40. The molecule has 0 unspecified atom stereocenters. The Morgan fingerprint density at radius 3 is 2.58 bits per heavy atom. The van der Waals surface area contributed by atoms with E-state index in [0.717, 1.165) is 36.2 Å². The van der Waals surface area contributed by atoms with E-state index in [9.17, 15) is 0 Å². The van der Waals surface area contributed by atoms with Crippen LogP contribution >= 0.6 is 0 Å². The molecule has 7 heteroatoms. The summed E-state index contributed by atoms with van der Waals surface area (Å²) in [5.41, 5.74) is 8.51. The molecule has 0 saturated carbocycles. The summed E-state index contributed by atoms with van der Waals surface area (Å²) in [6.45, 7) is 5.91. The Morgan fingerprint density at radius 2 is 2.00 bits per heavy atom. The van der Waals surface area contributed by atoms with Crippen molar-refractivity contribution in [2.24, 2.45) is 12.8 Å². The van der Waals surface area contributed by atoms with Gasteiger partial charge in [-0.05, 0) is 5.92 Å². The monoisotopic (exact) mass is 329 g/mol. The van der Waals surface area contributed by atoms with Gasteiger partial charge in [0, 0.05) is 58.5 Å². The molecule has 7 nitrogen and oxygen atoms in total. The fourth-order valence-electron chi connectivity index (χ4n) is 3.05. The zero-order chi connectivity index (χ0) is 17.4. The normalized spacial score (nSPS) is 20.9. The van der Waals surface area contributed by atoms with Gasteiger partial charge in [0.1, 0.15) is 5.82 Å². The third-order valence-electron chi connectivity index (χ3n) is 4.51. The van der Waals surface area contributed by atoms with Gasteiger partial charge < -0.3 is 20.1 Å². The van der Waals surface area contributed by atoms with Crippen LogP contribution in [0.1, 0.15) is 37.1 Å². The standard InChI is InChI=1S/C17H27N7/c1-11(2)14-6-16(21-17(20-14)22(3)4)24-7-12(13(18)8-24)15-9-23(5)10-19-15/h6,9-13H,7-8,18H2,1-5H3/t12-,13-/m1/s1. The zero-order valence-electron chi connectivity index (χ0n) is 15.1. The van der Waals surface area contributed by atoms with E-state index in [1.165, 1.54) is 0 Å². The second-order valence-electron chi connectivity index (χ2n) is 7.14. The maximum Gasteiger partial charge on any atom is 0.227 e. The molecule has 0 bridgehead atoms. The molecule has 0 spiro atoms. The van der Waals surface area contributed by atoms with E-state index in [0.29, 0.717) is 5.92 Å². The smallest absolute Gasteiger partial charge is 0.227 e. The van der Waals surface area contributed by atoms with Crippen LogP contribution in [0.5, 0.6) is 0 Å². The highest BCUT2D eigenvalue weighted by molar-refractivity contribution is 5.48. The second-order valence-corrected chi connectivity index (χ2v) is 7.14. The van der Waals surface area contributed by atoms with Gasteiger partial charge in [-0.3, -0.25) is 0 Å². The summed E-state index contributed by atoms with van der Waals surface area (Å²) in [6.07, 6.45) is 3.88. The molecule has 3 rings (SSSR count). The van der Waals surface area contributed by atoms with Crippen LogP contribution in [0.4, 0.5) is 11.8 Å². The second kappa shape index (κ2) is 6.39. The van der Waals surface area contributed by atoms with Gasteiger partial charge >= 0.3 is 0 Å². The molecule has 0 aromatic carbocycles. The average molecular weight is 329 g/mol. The maximum absolute atomic E-state index is 6.40. The summed E-state index contributed by atoms with van der Waals surface area (Å²) < 4.78 is 1.97. The highest BCUT2D eigenvalue weighted by Gasteiger charge is 2.34. The van der Waals surface area contributed by atoms with Crippen LogP contribution in [-0.4, -0.2) is 52.7 Å². The number of anilines is 2. The zero-order valence-corrected chi connectivity index (χ0v) is 15.1. The van der Waals surface area contributed by atoms with Crippen LogP contribution in [0.3, 0.4) is 0 Å². The van der Waals surface area contributed by atoms with Gasteiger partial charge in [-0.15, -0.1) is 0 Å². The molecular weight excluding hydrogens is 302 g/mol. The number of hydrogen-bond donors (Lipinski definition) is 1. The van der Waals surface area contributed by atoms with Crippen LogP contribution in [-0.2, 0) is 7.05 Å². The molecule has 1 saturated heterocycles. The molecule has 1 aliphatic rings. The van der Waals surface area contributed by atoms with Crippen molar-refractivity contribution in [2.45, 2.75) is 31.7 Å². The topological polar surface area (TPSA) is 76.1 Å². The lowest BCUT2D eigenvalue weighted by atomic mass is 10.0. The quantitative estimate of drug-likeness (QED) is 0.912. The molecule has 2 aromatic rings. The number of rotatable bonds is 4. The summed E-state index contributed by atoms with van der Waals surface area (Å²) in [7, 11) is 5.92. The van der Waals surface area contributed by atoms with E-state index in [4.69, 9.17) is 10.7 Å². The van der Waals surface area contributed by atoms with Crippen molar-refractivity contribution in [3.8, 4) is 0 Å². The lowest BCUT2D eigenvalue weighted by Crippen LogP contribution is -2.29. The van der Waals surface area contributed by atoms with E-state index in [2.05, 4.69) is 41.0 Å². The predicted octanol–water partition coefficient (Wildman–Crippen LogP) is 1.33. The van der Waals surface area contributed by atoms with Crippen molar-refractivity contribution in [3.63, 3.8) is 0 Å². The minimum atomic E-state index is 0.0557. The number of aromatic nitrogens is 4. The van der Waals surface area contributed by atoms with E-state index in [-0.39, 0.29) is 12.0 Å².